The lowest BCUT2D eigenvalue weighted by molar-refractivity contribution is -0.148. The van der Waals surface area contributed by atoms with Gasteiger partial charge in [-0.25, -0.2) is 0 Å². The summed E-state index contributed by atoms with van der Waals surface area (Å²) < 4.78 is 5.27. The minimum Gasteiger partial charge on any atom is -0.463 e. The highest BCUT2D eigenvalue weighted by molar-refractivity contribution is 5.84. The summed E-state index contributed by atoms with van der Waals surface area (Å²) in [4.78, 5) is 37.9. The summed E-state index contributed by atoms with van der Waals surface area (Å²) in [6.45, 7) is 3.94. The van der Waals surface area contributed by atoms with E-state index < -0.39 is 6.04 Å². The predicted molar refractivity (Wildman–Crippen MR) is 121 cm³/mol. The molecule has 0 radical (unpaired) electrons. The summed E-state index contributed by atoms with van der Waals surface area (Å²) in [6.07, 6.45) is 7.03. The molecule has 2 amide bonds. The van der Waals surface area contributed by atoms with E-state index in [0.717, 1.165) is 24.8 Å². The van der Waals surface area contributed by atoms with Gasteiger partial charge in [0.05, 0.1) is 18.6 Å². The van der Waals surface area contributed by atoms with E-state index in [2.05, 4.69) is 10.6 Å². The maximum Gasteiger partial charge on any atom is 0.308 e. The topological polar surface area (TPSA) is 84.5 Å². The van der Waals surface area contributed by atoms with E-state index in [9.17, 15) is 14.4 Å². The second kappa shape index (κ2) is 9.63. The fourth-order valence-electron chi connectivity index (χ4n) is 6.55. The van der Waals surface area contributed by atoms with Crippen LogP contribution in [-0.4, -0.2) is 30.4 Å². The summed E-state index contributed by atoms with van der Waals surface area (Å²) in [5.41, 5.74) is 0.664. The van der Waals surface area contributed by atoms with E-state index in [1.54, 1.807) is 13.8 Å². The Morgan fingerprint density at radius 1 is 1.00 bits per heavy atom. The number of amides is 2. The third-order valence-electron chi connectivity index (χ3n) is 7.43. The molecule has 0 spiro atoms. The Morgan fingerprint density at radius 3 is 2.16 bits per heavy atom. The molecular weight excluding hydrogens is 404 g/mol. The van der Waals surface area contributed by atoms with Crippen molar-refractivity contribution in [1.29, 1.82) is 0 Å². The van der Waals surface area contributed by atoms with Gasteiger partial charge in [-0.15, -0.1) is 0 Å². The van der Waals surface area contributed by atoms with E-state index in [1.807, 2.05) is 30.3 Å². The van der Waals surface area contributed by atoms with Crippen LogP contribution in [-0.2, 0) is 19.1 Å². The van der Waals surface area contributed by atoms with Gasteiger partial charge < -0.3 is 15.4 Å². The molecule has 4 aliphatic carbocycles. The van der Waals surface area contributed by atoms with Gasteiger partial charge in [-0.2, -0.15) is 0 Å². The van der Waals surface area contributed by atoms with Crippen molar-refractivity contribution in [2.24, 2.45) is 23.2 Å². The summed E-state index contributed by atoms with van der Waals surface area (Å²) in [7, 11) is 0. The molecule has 0 aliphatic heterocycles. The third kappa shape index (κ3) is 5.33. The normalized spacial score (nSPS) is 28.9. The Balaban J connectivity index is 1.29. The molecule has 5 rings (SSSR count). The lowest BCUT2D eigenvalue weighted by Gasteiger charge is -2.55. The van der Waals surface area contributed by atoms with Crippen molar-refractivity contribution < 1.29 is 19.1 Å². The number of carbonyl (C=O) groups excluding carboxylic acids is 3. The fourth-order valence-corrected chi connectivity index (χ4v) is 6.55. The molecule has 4 fully saturated rings. The predicted octanol–water partition coefficient (Wildman–Crippen LogP) is 3.91. The first kappa shape index (κ1) is 22.8. The van der Waals surface area contributed by atoms with Crippen molar-refractivity contribution in [3.63, 3.8) is 0 Å². The minimum absolute atomic E-state index is 0.0770. The number of ether oxygens (including phenoxy) is 1. The highest BCUT2D eigenvalue weighted by atomic mass is 16.5. The highest BCUT2D eigenvalue weighted by Gasteiger charge is 2.54. The van der Waals surface area contributed by atoms with Gasteiger partial charge in [0.1, 0.15) is 0 Å². The van der Waals surface area contributed by atoms with E-state index in [-0.39, 0.29) is 42.1 Å². The molecule has 174 valence electrons. The number of rotatable bonds is 9. The van der Waals surface area contributed by atoms with Crippen LogP contribution >= 0.6 is 0 Å². The molecule has 0 aromatic heterocycles. The van der Waals surface area contributed by atoms with Crippen LogP contribution in [0.4, 0.5) is 0 Å². The maximum atomic E-state index is 13.1. The van der Waals surface area contributed by atoms with Crippen LogP contribution in [0.2, 0.25) is 0 Å². The summed E-state index contributed by atoms with van der Waals surface area (Å²) in [5.74, 6) is 1.77. The van der Waals surface area contributed by atoms with Gasteiger partial charge in [-0.3, -0.25) is 14.4 Å². The monoisotopic (exact) mass is 440 g/mol. The first-order valence-corrected chi connectivity index (χ1v) is 12.1. The Bertz CT molecular complexity index is 800. The molecule has 6 heteroatoms. The molecule has 0 saturated heterocycles. The van der Waals surface area contributed by atoms with E-state index in [4.69, 9.17) is 4.74 Å². The highest BCUT2D eigenvalue weighted by Crippen LogP contribution is 2.60. The fraction of sp³-hybridized carbons (Fsp3) is 0.654. The average Bonchev–Trinajstić information content (AvgIpc) is 2.72. The Hall–Kier alpha value is -2.37. The van der Waals surface area contributed by atoms with Crippen molar-refractivity contribution in [2.75, 3.05) is 6.54 Å². The first-order valence-electron chi connectivity index (χ1n) is 12.1. The molecule has 1 atom stereocenters. The standard InChI is InChI=1S/C26H36N2O4/c1-17(2)32-24(30)13-22(21-6-4-3-5-7-21)28-23(29)8-9-27-25(31)26-14-18-10-19(15-26)12-20(11-18)16-26/h3-7,17-20,22H,8-16H2,1-2H3,(H,27,31)(H,28,29). The van der Waals surface area contributed by atoms with Gasteiger partial charge in [0.2, 0.25) is 11.8 Å². The molecule has 4 saturated carbocycles. The molecule has 1 aromatic carbocycles. The number of hydrogen-bond donors (Lipinski definition) is 2. The summed E-state index contributed by atoms with van der Waals surface area (Å²) >= 11 is 0. The van der Waals surface area contributed by atoms with Crippen molar-refractivity contribution >= 4 is 17.8 Å². The van der Waals surface area contributed by atoms with Gasteiger partial charge in [-0.1, -0.05) is 30.3 Å². The first-order chi connectivity index (χ1) is 15.3. The number of hydrogen-bond acceptors (Lipinski definition) is 4. The van der Waals surface area contributed by atoms with Crippen molar-refractivity contribution in [1.82, 2.24) is 10.6 Å². The smallest absolute Gasteiger partial charge is 0.308 e. The lowest BCUT2D eigenvalue weighted by atomic mass is 9.49. The number of benzene rings is 1. The maximum absolute atomic E-state index is 13.1. The second-order valence-electron chi connectivity index (χ2n) is 10.5. The number of esters is 1. The van der Waals surface area contributed by atoms with Crippen molar-refractivity contribution in [3.05, 3.63) is 35.9 Å². The Labute approximate surface area is 190 Å². The SMILES string of the molecule is CC(C)OC(=O)CC(NC(=O)CCNC(=O)C12CC3CC(CC(C3)C1)C2)c1ccccc1. The van der Waals surface area contributed by atoms with Crippen LogP contribution in [0.1, 0.15) is 76.8 Å². The molecule has 4 bridgehead atoms. The molecule has 1 unspecified atom stereocenters. The zero-order valence-electron chi connectivity index (χ0n) is 19.3. The zero-order valence-corrected chi connectivity index (χ0v) is 19.3. The molecular formula is C26H36N2O4. The summed E-state index contributed by atoms with van der Waals surface area (Å²) in [5, 5.41) is 6.01. The average molecular weight is 441 g/mol. The molecule has 4 aliphatic rings. The van der Waals surface area contributed by atoms with E-state index in [1.165, 1.54) is 19.3 Å². The number of carbonyl (C=O) groups is 3. The molecule has 2 N–H and O–H groups in total. The van der Waals surface area contributed by atoms with Crippen LogP contribution in [0.5, 0.6) is 0 Å². The molecule has 1 aromatic rings. The van der Waals surface area contributed by atoms with Gasteiger partial charge in [-0.05, 0) is 75.7 Å². The Kier molecular flexibility index (Phi) is 6.87. The largest absolute Gasteiger partial charge is 0.463 e. The second-order valence-corrected chi connectivity index (χ2v) is 10.5. The lowest BCUT2D eigenvalue weighted by Crippen LogP contribution is -2.53. The zero-order chi connectivity index (χ0) is 22.7. The molecule has 6 nitrogen and oxygen atoms in total. The van der Waals surface area contributed by atoms with Crippen LogP contribution in [0.3, 0.4) is 0 Å². The summed E-state index contributed by atoms with van der Waals surface area (Å²) in [6, 6.07) is 9.00. The van der Waals surface area contributed by atoms with Crippen LogP contribution < -0.4 is 10.6 Å². The molecule has 32 heavy (non-hydrogen) atoms. The number of nitrogens with one attached hydrogen (secondary N) is 2. The van der Waals surface area contributed by atoms with Crippen LogP contribution in [0, 0.1) is 23.2 Å². The van der Waals surface area contributed by atoms with Crippen molar-refractivity contribution in [3.8, 4) is 0 Å². The van der Waals surface area contributed by atoms with E-state index >= 15 is 0 Å². The quantitative estimate of drug-likeness (QED) is 0.570. The minimum atomic E-state index is -0.450. The van der Waals surface area contributed by atoms with Gasteiger partial charge in [0.15, 0.2) is 0 Å². The van der Waals surface area contributed by atoms with Gasteiger partial charge in [0, 0.05) is 18.4 Å². The van der Waals surface area contributed by atoms with Gasteiger partial charge >= 0.3 is 5.97 Å². The van der Waals surface area contributed by atoms with Crippen LogP contribution in [0.25, 0.3) is 0 Å². The van der Waals surface area contributed by atoms with Crippen molar-refractivity contribution in [2.45, 2.75) is 77.4 Å². The third-order valence-corrected chi connectivity index (χ3v) is 7.43. The molecule has 0 heterocycles. The Morgan fingerprint density at radius 2 is 1.59 bits per heavy atom. The van der Waals surface area contributed by atoms with Crippen LogP contribution in [0.15, 0.2) is 30.3 Å². The van der Waals surface area contributed by atoms with E-state index in [0.29, 0.717) is 24.3 Å². The van der Waals surface area contributed by atoms with Gasteiger partial charge in [0.25, 0.3) is 0 Å².